The van der Waals surface area contributed by atoms with Gasteiger partial charge in [0.05, 0.1) is 28.3 Å². The van der Waals surface area contributed by atoms with E-state index in [1.165, 1.54) is 22.5 Å². The lowest BCUT2D eigenvalue weighted by atomic mass is 10.1. The van der Waals surface area contributed by atoms with Crippen LogP contribution in [0.1, 0.15) is 44.5 Å². The van der Waals surface area contributed by atoms with E-state index in [9.17, 15) is 4.79 Å². The number of aryl methyl sites for hydroxylation is 3. The molecule has 0 aliphatic rings. The Morgan fingerprint density at radius 2 is 2.07 bits per heavy atom. The molecule has 1 aromatic carbocycles. The van der Waals surface area contributed by atoms with Crippen molar-refractivity contribution in [2.45, 2.75) is 47.4 Å². The van der Waals surface area contributed by atoms with Gasteiger partial charge in [0, 0.05) is 12.1 Å². The Morgan fingerprint density at radius 1 is 1.29 bits per heavy atom. The highest BCUT2D eigenvalue weighted by molar-refractivity contribution is 7.12. The maximum atomic E-state index is 12.5. The molecule has 0 spiro atoms. The lowest BCUT2D eigenvalue weighted by Crippen LogP contribution is -2.23. The van der Waals surface area contributed by atoms with Crippen LogP contribution in [0.2, 0.25) is 5.02 Å². The summed E-state index contributed by atoms with van der Waals surface area (Å²) < 4.78 is 7.77. The second kappa shape index (κ2) is 8.80. The van der Waals surface area contributed by atoms with Gasteiger partial charge in [-0.2, -0.15) is 5.10 Å². The molecule has 2 aromatic heterocycles. The Bertz CT molecular complexity index is 994. The first kappa shape index (κ1) is 20.4. The number of carbonyl (C=O) groups is 1. The number of rotatable bonds is 7. The molecule has 1 N–H and O–H groups in total. The van der Waals surface area contributed by atoms with Crippen molar-refractivity contribution in [1.29, 1.82) is 0 Å². The molecule has 0 aliphatic carbocycles. The second-order valence-corrected chi connectivity index (χ2v) is 8.07. The summed E-state index contributed by atoms with van der Waals surface area (Å²) in [5, 5.41) is 9.61. The van der Waals surface area contributed by atoms with Gasteiger partial charge in [0.1, 0.15) is 12.4 Å². The van der Waals surface area contributed by atoms with Crippen molar-refractivity contribution in [3.63, 3.8) is 0 Å². The number of ether oxygens (including phenoxy) is 1. The lowest BCUT2D eigenvalue weighted by molar-refractivity contribution is 0.0954. The third-order valence-corrected chi connectivity index (χ3v) is 5.94. The minimum absolute atomic E-state index is 0.126. The monoisotopic (exact) mass is 417 g/mol. The van der Waals surface area contributed by atoms with Crippen LogP contribution in [0.15, 0.2) is 29.8 Å². The van der Waals surface area contributed by atoms with E-state index in [4.69, 9.17) is 16.3 Å². The standard InChI is InChI=1S/C21H24ClN3O2S/c1-5-25-18(17(22)9-24-25)10-23-21(26)20-8-16(12-28-20)11-27-19-7-13(2)6-14(3)15(19)4/h6-9,12H,5,10-11H2,1-4H3,(H,23,26). The van der Waals surface area contributed by atoms with Crippen LogP contribution in [0.5, 0.6) is 5.75 Å². The number of halogens is 1. The Labute approximate surface area is 174 Å². The van der Waals surface area contributed by atoms with E-state index >= 15 is 0 Å². The van der Waals surface area contributed by atoms with Crippen molar-refractivity contribution < 1.29 is 9.53 Å². The first-order valence-electron chi connectivity index (χ1n) is 9.15. The Morgan fingerprint density at radius 3 is 2.82 bits per heavy atom. The van der Waals surface area contributed by atoms with Crippen molar-refractivity contribution in [2.24, 2.45) is 0 Å². The number of nitrogens with zero attached hydrogens (tertiary/aromatic N) is 2. The molecule has 0 unspecified atom stereocenters. The molecular weight excluding hydrogens is 394 g/mol. The molecule has 0 atom stereocenters. The summed E-state index contributed by atoms with van der Waals surface area (Å²) in [5.74, 6) is 0.760. The highest BCUT2D eigenvalue weighted by Gasteiger charge is 2.13. The lowest BCUT2D eigenvalue weighted by Gasteiger charge is -2.11. The first-order chi connectivity index (χ1) is 13.4. The predicted octanol–water partition coefficient (Wildman–Crippen LogP) is 5.05. The summed E-state index contributed by atoms with van der Waals surface area (Å²) in [4.78, 5) is 13.1. The van der Waals surface area contributed by atoms with E-state index in [-0.39, 0.29) is 5.91 Å². The summed E-state index contributed by atoms with van der Waals surface area (Å²) in [5.41, 5.74) is 5.32. The van der Waals surface area contributed by atoms with E-state index in [0.29, 0.717) is 29.6 Å². The number of amides is 1. The van der Waals surface area contributed by atoms with E-state index in [1.807, 2.05) is 24.4 Å². The Balaban J connectivity index is 1.61. The summed E-state index contributed by atoms with van der Waals surface area (Å²) in [6.45, 7) is 9.66. The van der Waals surface area contributed by atoms with Gasteiger partial charge in [-0.3, -0.25) is 9.48 Å². The zero-order chi connectivity index (χ0) is 20.3. The van der Waals surface area contributed by atoms with E-state index < -0.39 is 0 Å². The van der Waals surface area contributed by atoms with Crippen LogP contribution in [0.25, 0.3) is 0 Å². The normalized spacial score (nSPS) is 10.9. The first-order valence-corrected chi connectivity index (χ1v) is 10.4. The zero-order valence-electron chi connectivity index (χ0n) is 16.5. The molecule has 148 valence electrons. The Hall–Kier alpha value is -2.31. The summed E-state index contributed by atoms with van der Waals surface area (Å²) in [7, 11) is 0. The summed E-state index contributed by atoms with van der Waals surface area (Å²) in [6, 6.07) is 6.06. The molecule has 5 nitrogen and oxygen atoms in total. The van der Waals surface area contributed by atoms with Crippen LogP contribution in [0, 0.1) is 20.8 Å². The smallest absolute Gasteiger partial charge is 0.261 e. The number of carbonyl (C=O) groups excluding carboxylic acids is 1. The topological polar surface area (TPSA) is 56.2 Å². The van der Waals surface area contributed by atoms with Gasteiger partial charge in [-0.1, -0.05) is 17.7 Å². The molecule has 0 saturated carbocycles. The largest absolute Gasteiger partial charge is 0.489 e. The second-order valence-electron chi connectivity index (χ2n) is 6.75. The highest BCUT2D eigenvalue weighted by atomic mass is 35.5. The Kier molecular flexibility index (Phi) is 6.42. The fourth-order valence-corrected chi connectivity index (χ4v) is 3.99. The molecule has 28 heavy (non-hydrogen) atoms. The van der Waals surface area contributed by atoms with Crippen LogP contribution >= 0.6 is 22.9 Å². The van der Waals surface area contributed by atoms with Gasteiger partial charge in [0.25, 0.3) is 5.91 Å². The quantitative estimate of drug-likeness (QED) is 0.585. The van der Waals surface area contributed by atoms with Crippen molar-refractivity contribution in [2.75, 3.05) is 0 Å². The molecule has 1 amide bonds. The van der Waals surface area contributed by atoms with Crippen molar-refractivity contribution in [3.8, 4) is 5.75 Å². The molecule has 0 saturated heterocycles. The molecule has 3 aromatic rings. The highest BCUT2D eigenvalue weighted by Crippen LogP contribution is 2.25. The number of hydrogen-bond acceptors (Lipinski definition) is 4. The number of benzene rings is 1. The average Bonchev–Trinajstić information content (AvgIpc) is 3.28. The molecule has 2 heterocycles. The molecule has 0 bridgehead atoms. The van der Waals surface area contributed by atoms with Gasteiger partial charge in [0.2, 0.25) is 0 Å². The molecule has 7 heteroatoms. The van der Waals surface area contributed by atoms with Crippen LogP contribution < -0.4 is 10.1 Å². The van der Waals surface area contributed by atoms with Gasteiger partial charge in [0.15, 0.2) is 0 Å². The summed E-state index contributed by atoms with van der Waals surface area (Å²) in [6.07, 6.45) is 1.60. The molecular formula is C21H24ClN3O2S. The van der Waals surface area contributed by atoms with Crippen LogP contribution in [0.3, 0.4) is 0 Å². The predicted molar refractivity (Wildman–Crippen MR) is 113 cm³/mol. The molecule has 0 radical (unpaired) electrons. The average molecular weight is 418 g/mol. The fourth-order valence-electron chi connectivity index (χ4n) is 2.97. The zero-order valence-corrected chi connectivity index (χ0v) is 18.1. The number of nitrogens with one attached hydrogen (secondary N) is 1. The van der Waals surface area contributed by atoms with E-state index in [2.05, 4.69) is 37.3 Å². The number of hydrogen-bond donors (Lipinski definition) is 1. The van der Waals surface area contributed by atoms with E-state index in [0.717, 1.165) is 22.6 Å². The van der Waals surface area contributed by atoms with Crippen molar-refractivity contribution >= 4 is 28.8 Å². The minimum Gasteiger partial charge on any atom is -0.489 e. The van der Waals surface area contributed by atoms with Crippen LogP contribution in [-0.4, -0.2) is 15.7 Å². The SMILES string of the molecule is CCn1ncc(Cl)c1CNC(=O)c1cc(COc2cc(C)cc(C)c2C)cs1. The van der Waals surface area contributed by atoms with Gasteiger partial charge in [-0.05, 0) is 61.9 Å². The van der Waals surface area contributed by atoms with Gasteiger partial charge in [-0.25, -0.2) is 0 Å². The van der Waals surface area contributed by atoms with Crippen molar-refractivity contribution in [1.82, 2.24) is 15.1 Å². The molecule has 0 fully saturated rings. The van der Waals surface area contributed by atoms with Gasteiger partial charge < -0.3 is 10.1 Å². The van der Waals surface area contributed by atoms with Crippen molar-refractivity contribution in [3.05, 3.63) is 67.6 Å². The van der Waals surface area contributed by atoms with Gasteiger partial charge >= 0.3 is 0 Å². The third-order valence-electron chi connectivity index (χ3n) is 4.65. The number of thiophene rings is 1. The molecule has 3 rings (SSSR count). The van der Waals surface area contributed by atoms with Gasteiger partial charge in [-0.15, -0.1) is 11.3 Å². The maximum absolute atomic E-state index is 12.5. The number of aromatic nitrogens is 2. The fraction of sp³-hybridized carbons (Fsp3) is 0.333. The maximum Gasteiger partial charge on any atom is 0.261 e. The van der Waals surface area contributed by atoms with Crippen LogP contribution in [-0.2, 0) is 19.7 Å². The third kappa shape index (κ3) is 4.56. The summed E-state index contributed by atoms with van der Waals surface area (Å²) >= 11 is 7.55. The minimum atomic E-state index is -0.126. The van der Waals surface area contributed by atoms with E-state index in [1.54, 1.807) is 10.9 Å². The van der Waals surface area contributed by atoms with Crippen LogP contribution in [0.4, 0.5) is 0 Å². The molecule has 0 aliphatic heterocycles.